The van der Waals surface area contributed by atoms with Crippen LogP contribution in [0.15, 0.2) is 27.3 Å². The average molecular weight is 229 g/mol. The highest BCUT2D eigenvalue weighted by Crippen LogP contribution is 2.29. The van der Waals surface area contributed by atoms with Crippen LogP contribution in [0.3, 0.4) is 0 Å². The van der Waals surface area contributed by atoms with Gasteiger partial charge in [-0.1, -0.05) is 0 Å². The van der Waals surface area contributed by atoms with Gasteiger partial charge in [0, 0.05) is 5.39 Å². The van der Waals surface area contributed by atoms with Gasteiger partial charge >= 0.3 is 0 Å². The Balaban J connectivity index is 2.93. The van der Waals surface area contributed by atoms with Gasteiger partial charge < -0.3 is 4.42 Å². The topological polar surface area (TPSA) is 13.1 Å². The van der Waals surface area contributed by atoms with Gasteiger partial charge in [0.05, 0.1) is 10.7 Å². The molecule has 0 fully saturated rings. The van der Waals surface area contributed by atoms with Gasteiger partial charge in [-0.2, -0.15) is 0 Å². The van der Waals surface area contributed by atoms with Crippen molar-refractivity contribution in [3.63, 3.8) is 0 Å². The van der Waals surface area contributed by atoms with E-state index in [-0.39, 0.29) is 5.82 Å². The Hall–Kier alpha value is -0.830. The summed E-state index contributed by atoms with van der Waals surface area (Å²) in [7, 11) is 0. The third-order valence-corrected chi connectivity index (χ3v) is 2.57. The summed E-state index contributed by atoms with van der Waals surface area (Å²) in [5.41, 5.74) is 1.60. The van der Waals surface area contributed by atoms with E-state index in [1.807, 2.05) is 6.92 Å². The molecular formula is C9H6BrFO. The monoisotopic (exact) mass is 228 g/mol. The predicted molar refractivity (Wildman–Crippen MR) is 48.6 cm³/mol. The fourth-order valence-corrected chi connectivity index (χ4v) is 1.61. The maximum Gasteiger partial charge on any atom is 0.151 e. The molecule has 0 saturated heterocycles. The zero-order chi connectivity index (χ0) is 8.72. The molecule has 2 rings (SSSR count). The molecule has 0 atom stereocenters. The predicted octanol–water partition coefficient (Wildman–Crippen LogP) is 3.64. The summed E-state index contributed by atoms with van der Waals surface area (Å²) in [5, 5.41) is 0.947. The Labute approximate surface area is 77.3 Å². The Morgan fingerprint density at radius 2 is 2.17 bits per heavy atom. The zero-order valence-corrected chi connectivity index (χ0v) is 7.98. The van der Waals surface area contributed by atoms with Gasteiger partial charge in [0.2, 0.25) is 0 Å². The van der Waals surface area contributed by atoms with Crippen molar-refractivity contribution in [2.45, 2.75) is 6.92 Å². The van der Waals surface area contributed by atoms with Crippen LogP contribution in [0.5, 0.6) is 0 Å². The molecule has 3 heteroatoms. The molecule has 0 unspecified atom stereocenters. The van der Waals surface area contributed by atoms with E-state index >= 15 is 0 Å². The van der Waals surface area contributed by atoms with Crippen LogP contribution < -0.4 is 0 Å². The maximum absolute atomic E-state index is 13.0. The lowest BCUT2D eigenvalue weighted by molar-refractivity contribution is 0.591. The molecule has 0 aliphatic carbocycles. The molecule has 0 saturated carbocycles. The highest BCUT2D eigenvalue weighted by atomic mass is 79.9. The number of aryl methyl sites for hydroxylation is 1. The number of halogens is 2. The summed E-state index contributed by atoms with van der Waals surface area (Å²) in [6, 6.07) is 3.14. The van der Waals surface area contributed by atoms with E-state index in [9.17, 15) is 4.39 Å². The third-order valence-electron chi connectivity index (χ3n) is 1.83. The number of rotatable bonds is 0. The first-order chi connectivity index (χ1) is 5.70. The van der Waals surface area contributed by atoms with Gasteiger partial charge in [-0.15, -0.1) is 0 Å². The van der Waals surface area contributed by atoms with Crippen molar-refractivity contribution < 1.29 is 8.81 Å². The van der Waals surface area contributed by atoms with E-state index in [1.54, 1.807) is 12.3 Å². The van der Waals surface area contributed by atoms with Crippen molar-refractivity contribution in [1.29, 1.82) is 0 Å². The van der Waals surface area contributed by atoms with Crippen LogP contribution in [0, 0.1) is 12.7 Å². The van der Waals surface area contributed by atoms with E-state index in [4.69, 9.17) is 4.42 Å². The molecular weight excluding hydrogens is 223 g/mol. The first-order valence-corrected chi connectivity index (χ1v) is 4.31. The fraction of sp³-hybridized carbons (Fsp3) is 0.111. The van der Waals surface area contributed by atoms with Crippen molar-refractivity contribution in [2.24, 2.45) is 0 Å². The van der Waals surface area contributed by atoms with Crippen molar-refractivity contribution in [1.82, 2.24) is 0 Å². The normalized spacial score (nSPS) is 10.9. The van der Waals surface area contributed by atoms with Crippen molar-refractivity contribution in [3.05, 3.63) is 34.2 Å². The van der Waals surface area contributed by atoms with E-state index in [0.717, 1.165) is 10.9 Å². The minimum absolute atomic E-state index is 0.295. The molecule has 0 N–H and O–H groups in total. The SMILES string of the molecule is Cc1coc2c(Br)c(F)ccc12. The molecule has 0 spiro atoms. The lowest BCUT2D eigenvalue weighted by Crippen LogP contribution is -1.76. The molecule has 62 valence electrons. The number of furan rings is 1. The summed E-state index contributed by atoms with van der Waals surface area (Å²) in [6.07, 6.45) is 1.62. The summed E-state index contributed by atoms with van der Waals surface area (Å²) >= 11 is 3.13. The van der Waals surface area contributed by atoms with Gasteiger partial charge in [-0.25, -0.2) is 4.39 Å². The largest absolute Gasteiger partial charge is 0.463 e. The van der Waals surface area contributed by atoms with Crippen molar-refractivity contribution >= 4 is 26.9 Å². The van der Waals surface area contributed by atoms with Crippen molar-refractivity contribution in [3.8, 4) is 0 Å². The molecule has 0 radical (unpaired) electrons. The van der Waals surface area contributed by atoms with Gasteiger partial charge in [0.15, 0.2) is 5.58 Å². The molecule has 0 aliphatic rings. The molecule has 1 aromatic heterocycles. The van der Waals surface area contributed by atoms with E-state index in [1.165, 1.54) is 6.07 Å². The van der Waals surface area contributed by atoms with Gasteiger partial charge in [-0.3, -0.25) is 0 Å². The van der Waals surface area contributed by atoms with Crippen LogP contribution in [0.4, 0.5) is 4.39 Å². The van der Waals surface area contributed by atoms with Gasteiger partial charge in [0.25, 0.3) is 0 Å². The Kier molecular flexibility index (Phi) is 1.68. The Morgan fingerprint density at radius 1 is 1.42 bits per heavy atom. The smallest absolute Gasteiger partial charge is 0.151 e. The fourth-order valence-electron chi connectivity index (χ4n) is 1.17. The van der Waals surface area contributed by atoms with Crippen LogP contribution in [-0.4, -0.2) is 0 Å². The highest BCUT2D eigenvalue weighted by Gasteiger charge is 2.09. The highest BCUT2D eigenvalue weighted by molar-refractivity contribution is 9.10. The van der Waals surface area contributed by atoms with E-state index in [0.29, 0.717) is 10.1 Å². The summed E-state index contributed by atoms with van der Waals surface area (Å²) in [5.74, 6) is -0.295. The van der Waals surface area contributed by atoms with Gasteiger partial charge in [0.1, 0.15) is 5.82 Å². The second kappa shape index (κ2) is 2.59. The quantitative estimate of drug-likeness (QED) is 0.672. The molecule has 1 nitrogen and oxygen atoms in total. The number of hydrogen-bond acceptors (Lipinski definition) is 1. The standard InChI is InChI=1S/C9H6BrFO/c1-5-4-12-9-6(5)2-3-7(11)8(9)10/h2-4H,1H3. The van der Waals surface area contributed by atoms with Gasteiger partial charge in [-0.05, 0) is 40.5 Å². The molecule has 1 heterocycles. The number of hydrogen-bond donors (Lipinski definition) is 0. The first-order valence-electron chi connectivity index (χ1n) is 3.52. The minimum atomic E-state index is -0.295. The number of benzene rings is 1. The van der Waals surface area contributed by atoms with Crippen LogP contribution >= 0.6 is 15.9 Å². The second-order valence-corrected chi connectivity index (χ2v) is 3.45. The van der Waals surface area contributed by atoms with Crippen LogP contribution in [0.25, 0.3) is 11.0 Å². The molecule has 0 aliphatic heterocycles. The van der Waals surface area contributed by atoms with E-state index in [2.05, 4.69) is 15.9 Å². The zero-order valence-electron chi connectivity index (χ0n) is 6.40. The number of fused-ring (bicyclic) bond motifs is 1. The second-order valence-electron chi connectivity index (χ2n) is 2.66. The lowest BCUT2D eigenvalue weighted by atomic mass is 10.2. The lowest BCUT2D eigenvalue weighted by Gasteiger charge is -1.94. The third kappa shape index (κ3) is 0.966. The maximum atomic E-state index is 13.0. The molecule has 2 aromatic rings. The average Bonchev–Trinajstić information content (AvgIpc) is 2.41. The minimum Gasteiger partial charge on any atom is -0.463 e. The molecule has 12 heavy (non-hydrogen) atoms. The van der Waals surface area contributed by atoms with Crippen LogP contribution in [0.1, 0.15) is 5.56 Å². The summed E-state index contributed by atoms with van der Waals surface area (Å²) < 4.78 is 18.5. The first kappa shape index (κ1) is 7.80. The Bertz CT molecular complexity index is 433. The van der Waals surface area contributed by atoms with E-state index < -0.39 is 0 Å². The summed E-state index contributed by atoms with van der Waals surface area (Å²) in [6.45, 7) is 1.93. The van der Waals surface area contributed by atoms with Crippen molar-refractivity contribution in [2.75, 3.05) is 0 Å². The molecule has 1 aromatic carbocycles. The van der Waals surface area contributed by atoms with Crippen LogP contribution in [0.2, 0.25) is 0 Å². The molecule has 0 amide bonds. The van der Waals surface area contributed by atoms with Crippen LogP contribution in [-0.2, 0) is 0 Å². The molecule has 0 bridgehead atoms. The summed E-state index contributed by atoms with van der Waals surface area (Å²) in [4.78, 5) is 0. The Morgan fingerprint density at radius 3 is 2.92 bits per heavy atom.